The number of benzene rings is 2. The molecule has 1 N–H and O–H groups in total. The molecular weight excluding hydrogens is 402 g/mol. The second-order valence-corrected chi connectivity index (χ2v) is 8.66. The lowest BCUT2D eigenvalue weighted by molar-refractivity contribution is -0.116. The number of anilines is 1. The predicted octanol–water partition coefficient (Wildman–Crippen LogP) is 3.58. The third-order valence-electron chi connectivity index (χ3n) is 3.90. The van der Waals surface area contributed by atoms with Gasteiger partial charge in [-0.1, -0.05) is 34.5 Å². The molecule has 3 rings (SSSR count). The Morgan fingerprint density at radius 3 is 2.46 bits per heavy atom. The zero-order valence-corrected chi connectivity index (χ0v) is 16.6. The van der Waals surface area contributed by atoms with Crippen molar-refractivity contribution in [3.63, 3.8) is 0 Å². The highest BCUT2D eigenvalue weighted by atomic mass is 35.5. The first-order chi connectivity index (χ1) is 13.3. The van der Waals surface area contributed by atoms with Crippen LogP contribution in [-0.2, 0) is 26.8 Å². The number of carbonyl (C=O) groups excluding carboxylic acids is 1. The summed E-state index contributed by atoms with van der Waals surface area (Å²) in [6, 6.07) is 13.3. The minimum absolute atomic E-state index is 0.0636. The quantitative estimate of drug-likeness (QED) is 0.628. The number of rotatable bonds is 7. The van der Waals surface area contributed by atoms with Gasteiger partial charge in [0.2, 0.25) is 11.8 Å². The van der Waals surface area contributed by atoms with Crippen molar-refractivity contribution >= 4 is 33.0 Å². The molecule has 0 radical (unpaired) electrons. The summed E-state index contributed by atoms with van der Waals surface area (Å²) in [6.45, 7) is 1.88. The smallest absolute Gasteiger partial charge is 0.227 e. The lowest BCUT2D eigenvalue weighted by atomic mass is 10.2. The van der Waals surface area contributed by atoms with Crippen LogP contribution in [-0.4, -0.2) is 24.5 Å². The standard InChI is InChI=1S/C19H18ClN3O4S/c1-13-2-8-16(9-3-13)28(25,26)12-17-22-19(27-23-17)11-10-18(24)21-15-6-4-14(20)5-7-15/h2-9H,10-12H2,1H3,(H,21,24). The number of carbonyl (C=O) groups is 1. The number of nitrogens with one attached hydrogen (secondary N) is 1. The van der Waals surface area contributed by atoms with Gasteiger partial charge in [-0.2, -0.15) is 4.98 Å². The van der Waals surface area contributed by atoms with E-state index in [1.807, 2.05) is 6.92 Å². The first-order valence-corrected chi connectivity index (χ1v) is 10.5. The fraction of sp³-hybridized carbons (Fsp3) is 0.211. The van der Waals surface area contributed by atoms with Crippen LogP contribution < -0.4 is 5.32 Å². The number of sulfone groups is 1. The summed E-state index contributed by atoms with van der Waals surface area (Å²) >= 11 is 5.80. The van der Waals surface area contributed by atoms with Crippen LogP contribution in [0, 0.1) is 6.92 Å². The number of aromatic nitrogens is 2. The van der Waals surface area contributed by atoms with Gasteiger partial charge in [0.1, 0.15) is 5.75 Å². The fourth-order valence-corrected chi connectivity index (χ4v) is 3.73. The maximum Gasteiger partial charge on any atom is 0.227 e. The largest absolute Gasteiger partial charge is 0.339 e. The third-order valence-corrected chi connectivity index (χ3v) is 5.78. The molecule has 3 aromatic rings. The lowest BCUT2D eigenvalue weighted by Gasteiger charge is -2.03. The highest BCUT2D eigenvalue weighted by molar-refractivity contribution is 7.90. The van der Waals surface area contributed by atoms with Gasteiger partial charge in [0.15, 0.2) is 15.7 Å². The van der Waals surface area contributed by atoms with Crippen molar-refractivity contribution in [3.05, 3.63) is 70.8 Å². The van der Waals surface area contributed by atoms with E-state index in [0.29, 0.717) is 10.7 Å². The topological polar surface area (TPSA) is 102 Å². The third kappa shape index (κ3) is 5.40. The molecule has 7 nitrogen and oxygen atoms in total. The predicted molar refractivity (Wildman–Crippen MR) is 105 cm³/mol. The van der Waals surface area contributed by atoms with Crippen LogP contribution in [0.3, 0.4) is 0 Å². The first kappa shape index (κ1) is 20.0. The molecule has 1 amide bonds. The van der Waals surface area contributed by atoms with Gasteiger partial charge in [0.05, 0.1) is 4.90 Å². The second kappa shape index (κ2) is 8.53. The zero-order valence-electron chi connectivity index (χ0n) is 15.1. The summed E-state index contributed by atoms with van der Waals surface area (Å²) in [7, 11) is -3.57. The Labute approximate surface area is 167 Å². The van der Waals surface area contributed by atoms with E-state index in [1.165, 1.54) is 0 Å². The van der Waals surface area contributed by atoms with E-state index in [9.17, 15) is 13.2 Å². The van der Waals surface area contributed by atoms with Gasteiger partial charge in [-0.05, 0) is 43.3 Å². The summed E-state index contributed by atoms with van der Waals surface area (Å²) < 4.78 is 29.9. The minimum Gasteiger partial charge on any atom is -0.339 e. The van der Waals surface area contributed by atoms with Crippen molar-refractivity contribution in [1.29, 1.82) is 0 Å². The molecule has 0 aliphatic heterocycles. The van der Waals surface area contributed by atoms with Crippen LogP contribution in [0.5, 0.6) is 0 Å². The molecule has 1 aromatic heterocycles. The Morgan fingerprint density at radius 1 is 1.11 bits per heavy atom. The molecule has 0 unspecified atom stereocenters. The van der Waals surface area contributed by atoms with Crippen LogP contribution in [0.2, 0.25) is 5.02 Å². The van der Waals surface area contributed by atoms with Crippen molar-refractivity contribution in [1.82, 2.24) is 10.1 Å². The number of nitrogens with zero attached hydrogens (tertiary/aromatic N) is 2. The van der Waals surface area contributed by atoms with E-state index in [0.717, 1.165) is 5.56 Å². The van der Waals surface area contributed by atoms with Gasteiger partial charge in [-0.15, -0.1) is 0 Å². The van der Waals surface area contributed by atoms with Crippen molar-refractivity contribution in [2.24, 2.45) is 0 Å². The van der Waals surface area contributed by atoms with E-state index >= 15 is 0 Å². The van der Waals surface area contributed by atoms with Crippen molar-refractivity contribution < 1.29 is 17.7 Å². The Balaban J connectivity index is 1.55. The monoisotopic (exact) mass is 419 g/mol. The molecule has 0 aliphatic rings. The maximum absolute atomic E-state index is 12.4. The van der Waals surface area contributed by atoms with Gasteiger partial charge in [-0.25, -0.2) is 8.42 Å². The summed E-state index contributed by atoms with van der Waals surface area (Å²) in [5.41, 5.74) is 1.60. The molecule has 0 saturated carbocycles. The molecule has 28 heavy (non-hydrogen) atoms. The van der Waals surface area contributed by atoms with E-state index in [1.54, 1.807) is 48.5 Å². The highest BCUT2D eigenvalue weighted by Gasteiger charge is 2.19. The van der Waals surface area contributed by atoms with E-state index < -0.39 is 9.84 Å². The first-order valence-electron chi connectivity index (χ1n) is 8.48. The van der Waals surface area contributed by atoms with E-state index in [2.05, 4.69) is 15.5 Å². The van der Waals surface area contributed by atoms with Crippen LogP contribution in [0.4, 0.5) is 5.69 Å². The SMILES string of the molecule is Cc1ccc(S(=O)(=O)Cc2noc(CCC(=O)Nc3ccc(Cl)cc3)n2)cc1. The molecule has 2 aromatic carbocycles. The summed E-state index contributed by atoms with van der Waals surface area (Å²) in [6.07, 6.45) is 0.325. The maximum atomic E-state index is 12.4. The Hall–Kier alpha value is -2.71. The molecule has 0 aliphatic carbocycles. The van der Waals surface area contributed by atoms with Crippen LogP contribution in [0.1, 0.15) is 23.7 Å². The molecule has 1 heterocycles. The van der Waals surface area contributed by atoms with Gasteiger partial charge >= 0.3 is 0 Å². The Bertz CT molecular complexity index is 1060. The number of amides is 1. The van der Waals surface area contributed by atoms with Gasteiger partial charge in [-0.3, -0.25) is 4.79 Å². The van der Waals surface area contributed by atoms with Crippen LogP contribution in [0.15, 0.2) is 57.9 Å². The Kier molecular flexibility index (Phi) is 6.11. The number of hydrogen-bond donors (Lipinski definition) is 1. The molecule has 0 bridgehead atoms. The molecule has 9 heteroatoms. The highest BCUT2D eigenvalue weighted by Crippen LogP contribution is 2.17. The molecule has 0 atom stereocenters. The molecule has 0 spiro atoms. The van der Waals surface area contributed by atoms with Crippen LogP contribution in [0.25, 0.3) is 0 Å². The molecule has 146 valence electrons. The fourth-order valence-electron chi connectivity index (χ4n) is 2.43. The van der Waals surface area contributed by atoms with Crippen LogP contribution >= 0.6 is 11.6 Å². The summed E-state index contributed by atoms with van der Waals surface area (Å²) in [4.78, 5) is 16.3. The minimum atomic E-state index is -3.57. The van der Waals surface area contributed by atoms with Crippen molar-refractivity contribution in [2.45, 2.75) is 30.4 Å². The molecule has 0 saturated heterocycles. The average molecular weight is 420 g/mol. The van der Waals surface area contributed by atoms with E-state index in [-0.39, 0.29) is 41.1 Å². The van der Waals surface area contributed by atoms with Gasteiger partial charge < -0.3 is 9.84 Å². The number of aryl methyl sites for hydroxylation is 2. The van der Waals surface area contributed by atoms with Crippen molar-refractivity contribution in [2.75, 3.05) is 5.32 Å². The average Bonchev–Trinajstić information content (AvgIpc) is 3.09. The van der Waals surface area contributed by atoms with E-state index in [4.69, 9.17) is 16.1 Å². The normalized spacial score (nSPS) is 11.4. The summed E-state index contributed by atoms with van der Waals surface area (Å²) in [5, 5.41) is 7.01. The zero-order chi connectivity index (χ0) is 20.1. The lowest BCUT2D eigenvalue weighted by Crippen LogP contribution is -2.12. The number of hydrogen-bond acceptors (Lipinski definition) is 6. The molecule has 0 fully saturated rings. The molecular formula is C19H18ClN3O4S. The second-order valence-electron chi connectivity index (χ2n) is 6.23. The Morgan fingerprint density at radius 2 is 1.79 bits per heavy atom. The van der Waals surface area contributed by atoms with Crippen molar-refractivity contribution in [3.8, 4) is 0 Å². The van der Waals surface area contributed by atoms with Gasteiger partial charge in [0, 0.05) is 23.6 Å². The number of halogens is 1. The summed E-state index contributed by atoms with van der Waals surface area (Å²) in [5.74, 6) is -0.320. The van der Waals surface area contributed by atoms with Gasteiger partial charge in [0.25, 0.3) is 0 Å².